The molecule has 3 N–H and O–H groups in total. The van der Waals surface area contributed by atoms with Gasteiger partial charge in [-0.15, -0.1) is 10.2 Å². The summed E-state index contributed by atoms with van der Waals surface area (Å²) in [6.45, 7) is 4.81. The zero-order valence-electron chi connectivity index (χ0n) is 17.6. The molecule has 31 heavy (non-hydrogen) atoms. The van der Waals surface area contributed by atoms with Crippen LogP contribution in [0.4, 0.5) is 0 Å². The minimum Gasteiger partial charge on any atom is -0.493 e. The monoisotopic (exact) mass is 422 g/mol. The maximum atomic E-state index is 12.8. The fourth-order valence-electron chi connectivity index (χ4n) is 3.72. The lowest BCUT2D eigenvalue weighted by atomic mass is 9.93. The van der Waals surface area contributed by atoms with Gasteiger partial charge in [-0.3, -0.25) is 4.79 Å². The van der Waals surface area contributed by atoms with Gasteiger partial charge in [0.1, 0.15) is 5.75 Å². The Morgan fingerprint density at radius 1 is 1.29 bits per heavy atom. The van der Waals surface area contributed by atoms with E-state index in [0.717, 1.165) is 6.42 Å². The van der Waals surface area contributed by atoms with Gasteiger partial charge in [-0.1, -0.05) is 24.3 Å². The van der Waals surface area contributed by atoms with Gasteiger partial charge < -0.3 is 24.9 Å². The van der Waals surface area contributed by atoms with Crippen LogP contribution in [0.15, 0.2) is 46.9 Å². The van der Waals surface area contributed by atoms with Crippen molar-refractivity contribution >= 4 is 5.91 Å². The second-order valence-corrected chi connectivity index (χ2v) is 7.51. The van der Waals surface area contributed by atoms with Crippen molar-refractivity contribution in [3.63, 3.8) is 0 Å². The minimum atomic E-state index is -0.714. The summed E-state index contributed by atoms with van der Waals surface area (Å²) in [6.07, 6.45) is 0.00360. The number of rotatable bonds is 7. The number of nitrogens with one attached hydrogen (secondary N) is 2. The number of hydrogen-bond donors (Lipinski definition) is 3. The first-order valence-electron chi connectivity index (χ1n) is 10.4. The number of carbonyl (C=O) groups is 1. The Balaban J connectivity index is 1.42. The van der Waals surface area contributed by atoms with E-state index < -0.39 is 6.10 Å². The Morgan fingerprint density at radius 2 is 2.10 bits per heavy atom. The Morgan fingerprint density at radius 3 is 2.84 bits per heavy atom. The number of carbonyl (C=O) groups excluding carboxylic acids is 1. The van der Waals surface area contributed by atoms with Gasteiger partial charge in [-0.2, -0.15) is 0 Å². The molecule has 0 bridgehead atoms. The predicted octanol–water partition coefficient (Wildman–Crippen LogP) is 2.25. The van der Waals surface area contributed by atoms with Gasteiger partial charge in [-0.05, 0) is 42.7 Å². The highest BCUT2D eigenvalue weighted by Crippen LogP contribution is 2.27. The molecule has 0 fully saturated rings. The van der Waals surface area contributed by atoms with E-state index in [9.17, 15) is 9.90 Å². The van der Waals surface area contributed by atoms with E-state index in [4.69, 9.17) is 9.15 Å². The average Bonchev–Trinajstić information content (AvgIpc) is 3.23. The third-order valence-electron chi connectivity index (χ3n) is 5.35. The first-order chi connectivity index (χ1) is 15.0. The van der Waals surface area contributed by atoms with Crippen molar-refractivity contribution in [1.29, 1.82) is 0 Å². The van der Waals surface area contributed by atoms with E-state index in [2.05, 4.69) is 33.0 Å². The molecule has 1 aromatic heterocycles. The van der Waals surface area contributed by atoms with Crippen molar-refractivity contribution in [2.45, 2.75) is 39.0 Å². The lowest BCUT2D eigenvalue weighted by Crippen LogP contribution is -2.49. The fraction of sp³-hybridized carbons (Fsp3) is 0.348. The summed E-state index contributed by atoms with van der Waals surface area (Å²) >= 11 is 0. The highest BCUT2D eigenvalue weighted by atomic mass is 16.5. The molecule has 0 saturated heterocycles. The molecule has 2 atom stereocenters. The van der Waals surface area contributed by atoms with E-state index in [1.54, 1.807) is 25.1 Å². The van der Waals surface area contributed by atoms with E-state index in [-0.39, 0.29) is 18.5 Å². The summed E-state index contributed by atoms with van der Waals surface area (Å²) in [6, 6.07) is 13.2. The Bertz CT molecular complexity index is 1070. The Hall–Kier alpha value is -3.23. The van der Waals surface area contributed by atoms with Gasteiger partial charge in [0.2, 0.25) is 11.8 Å². The average molecular weight is 422 g/mol. The molecule has 8 nitrogen and oxygen atoms in total. The SMILES string of the molecule is CCOc1cc(-c2nnc(C)o2)ccc1C(=O)NCC(O)C1Cc2ccccc2CN1. The second-order valence-electron chi connectivity index (χ2n) is 7.51. The van der Waals surface area contributed by atoms with Gasteiger partial charge >= 0.3 is 0 Å². The van der Waals surface area contributed by atoms with E-state index >= 15 is 0 Å². The highest BCUT2D eigenvalue weighted by Gasteiger charge is 2.25. The molecule has 0 radical (unpaired) electrons. The summed E-state index contributed by atoms with van der Waals surface area (Å²) in [7, 11) is 0. The number of benzene rings is 2. The number of amides is 1. The first-order valence-corrected chi connectivity index (χ1v) is 10.4. The fourth-order valence-corrected chi connectivity index (χ4v) is 3.72. The van der Waals surface area contributed by atoms with E-state index in [1.165, 1.54) is 11.1 Å². The minimum absolute atomic E-state index is 0.121. The van der Waals surface area contributed by atoms with Crippen molar-refractivity contribution in [3.8, 4) is 17.2 Å². The molecule has 8 heteroatoms. The van der Waals surface area contributed by atoms with Gasteiger partial charge in [0, 0.05) is 31.6 Å². The van der Waals surface area contributed by atoms with Crippen molar-refractivity contribution < 1.29 is 19.1 Å². The summed E-state index contributed by atoms with van der Waals surface area (Å²) in [4.78, 5) is 12.8. The zero-order valence-corrected chi connectivity index (χ0v) is 17.6. The molecule has 2 aromatic carbocycles. The van der Waals surface area contributed by atoms with Crippen LogP contribution in [-0.2, 0) is 13.0 Å². The number of fused-ring (bicyclic) bond motifs is 1. The molecular weight excluding hydrogens is 396 g/mol. The van der Waals surface area contributed by atoms with E-state index in [0.29, 0.717) is 41.8 Å². The van der Waals surface area contributed by atoms with Crippen molar-refractivity contribution in [2.75, 3.05) is 13.2 Å². The molecule has 1 aliphatic rings. The second kappa shape index (κ2) is 9.28. The number of aliphatic hydroxyl groups excluding tert-OH is 1. The van der Waals surface area contributed by atoms with Gasteiger partial charge in [0.05, 0.1) is 18.3 Å². The van der Waals surface area contributed by atoms with Crippen LogP contribution in [0, 0.1) is 6.92 Å². The normalized spacial score (nSPS) is 16.4. The lowest BCUT2D eigenvalue weighted by molar-refractivity contribution is 0.0866. The van der Waals surface area contributed by atoms with Crippen LogP contribution in [-0.4, -0.2) is 46.5 Å². The maximum absolute atomic E-state index is 12.8. The van der Waals surface area contributed by atoms with Gasteiger partial charge in [-0.25, -0.2) is 0 Å². The van der Waals surface area contributed by atoms with Crippen LogP contribution < -0.4 is 15.4 Å². The first kappa shape index (κ1) is 21.0. The molecule has 4 rings (SSSR count). The summed E-state index contributed by atoms with van der Waals surface area (Å²) in [5.74, 6) is 0.937. The van der Waals surface area contributed by atoms with Crippen LogP contribution in [0.1, 0.15) is 34.3 Å². The van der Waals surface area contributed by atoms with Crippen LogP contribution in [0.25, 0.3) is 11.5 Å². The number of hydrogen-bond acceptors (Lipinski definition) is 7. The van der Waals surface area contributed by atoms with Crippen LogP contribution in [0.2, 0.25) is 0 Å². The number of aliphatic hydroxyl groups is 1. The number of nitrogens with zero attached hydrogens (tertiary/aromatic N) is 2. The van der Waals surface area contributed by atoms with Gasteiger partial charge in [0.25, 0.3) is 5.91 Å². The maximum Gasteiger partial charge on any atom is 0.255 e. The highest BCUT2D eigenvalue weighted by molar-refractivity contribution is 5.97. The molecular formula is C23H26N4O4. The van der Waals surface area contributed by atoms with Gasteiger partial charge in [0.15, 0.2) is 0 Å². The Kier molecular flexibility index (Phi) is 6.29. The van der Waals surface area contributed by atoms with Crippen LogP contribution >= 0.6 is 0 Å². The molecule has 2 heterocycles. The number of ether oxygens (including phenoxy) is 1. The molecule has 2 unspecified atom stereocenters. The molecule has 0 spiro atoms. The van der Waals surface area contributed by atoms with Crippen molar-refractivity contribution in [2.24, 2.45) is 0 Å². The molecule has 0 saturated carbocycles. The molecule has 162 valence electrons. The summed E-state index contributed by atoms with van der Waals surface area (Å²) < 4.78 is 11.1. The van der Waals surface area contributed by atoms with Crippen molar-refractivity contribution in [1.82, 2.24) is 20.8 Å². The third kappa shape index (κ3) is 4.76. The van der Waals surface area contributed by atoms with Crippen LogP contribution in [0.5, 0.6) is 5.75 Å². The predicted molar refractivity (Wildman–Crippen MR) is 115 cm³/mol. The number of aromatic nitrogens is 2. The van der Waals surface area contributed by atoms with Crippen molar-refractivity contribution in [3.05, 3.63) is 65.0 Å². The molecule has 1 amide bonds. The topological polar surface area (TPSA) is 110 Å². The molecule has 1 aliphatic heterocycles. The molecule has 3 aromatic rings. The quantitative estimate of drug-likeness (QED) is 0.536. The Labute approximate surface area is 180 Å². The number of aryl methyl sites for hydroxylation is 1. The zero-order chi connectivity index (χ0) is 21.8. The smallest absolute Gasteiger partial charge is 0.255 e. The van der Waals surface area contributed by atoms with Crippen LogP contribution in [0.3, 0.4) is 0 Å². The summed E-state index contributed by atoms with van der Waals surface area (Å²) in [5, 5.41) is 24.6. The third-order valence-corrected chi connectivity index (χ3v) is 5.35. The lowest BCUT2D eigenvalue weighted by Gasteiger charge is -2.30. The summed E-state index contributed by atoms with van der Waals surface area (Å²) in [5.41, 5.74) is 3.52. The molecule has 0 aliphatic carbocycles. The largest absolute Gasteiger partial charge is 0.493 e. The van der Waals surface area contributed by atoms with E-state index in [1.807, 2.05) is 19.1 Å². The standard InChI is InChI=1S/C23H26N4O4/c1-3-30-21-11-16(23-27-26-14(2)31-23)8-9-18(21)22(29)25-13-20(28)19-10-15-6-4-5-7-17(15)12-24-19/h4-9,11,19-20,24,28H,3,10,12-13H2,1-2H3,(H,25,29).